The molecule has 9 rings (SSSR count). The molecule has 16 nitrogen and oxygen atoms in total. The molecule has 1 aliphatic carbocycles. The molecule has 6 aromatic carbocycles. The first kappa shape index (κ1) is 58.3. The third kappa shape index (κ3) is 15.3. The van der Waals surface area contributed by atoms with Gasteiger partial charge in [0.15, 0.2) is 17.6 Å². The number of benzene rings is 6. The predicted molar refractivity (Wildman–Crippen MR) is 316 cm³/mol. The fourth-order valence-electron chi connectivity index (χ4n) is 11.5. The van der Waals surface area contributed by atoms with Gasteiger partial charge in [-0.25, -0.2) is 4.39 Å². The monoisotopic (exact) mass is 1090 g/mol. The highest BCUT2D eigenvalue weighted by Crippen LogP contribution is 2.40. The molecule has 2 aliphatic heterocycles. The molecule has 12 N–H and O–H groups in total. The van der Waals surface area contributed by atoms with Gasteiger partial charge in [0.2, 0.25) is 11.8 Å². The van der Waals surface area contributed by atoms with Crippen LogP contribution in [0.5, 0.6) is 0 Å². The molecule has 0 spiro atoms. The maximum absolute atomic E-state index is 17.6. The van der Waals surface area contributed by atoms with Gasteiger partial charge in [-0.3, -0.25) is 30.0 Å². The molecule has 2 saturated heterocycles. The summed E-state index contributed by atoms with van der Waals surface area (Å²) in [5.74, 6) is -0.498. The lowest BCUT2D eigenvalue weighted by Gasteiger charge is -2.40. The molecule has 0 bridgehead atoms. The lowest BCUT2D eigenvalue weighted by atomic mass is 9.81. The first-order valence-electron chi connectivity index (χ1n) is 28.4. The van der Waals surface area contributed by atoms with Crippen LogP contribution in [0, 0.1) is 10.8 Å². The Hall–Kier alpha value is -7.89. The smallest absolute Gasteiger partial charge is 0.251 e. The summed E-state index contributed by atoms with van der Waals surface area (Å²) in [5.41, 5.74) is 11.1. The van der Waals surface area contributed by atoms with Crippen LogP contribution >= 0.6 is 0 Å². The average molecular weight is 1090 g/mol. The van der Waals surface area contributed by atoms with Crippen LogP contribution in [-0.2, 0) is 15.3 Å². The SMILES string of the molecule is C[C@@H](N1CC[C@@H](CNC(=O)c2ccc3ccccc3c2)N[C@@H](CCCNC(=N)N)C1=O)C(F)(c1ccccc1)c1ccccc1.N=C(N)NCCC[C@@H]1N[C@H](CNC(=O)c2ccc3ccccc3c2)CCN(C2CCCCC2)C1=O. The van der Waals surface area contributed by atoms with Crippen molar-refractivity contribution in [3.8, 4) is 0 Å². The van der Waals surface area contributed by atoms with Gasteiger partial charge in [-0.15, -0.1) is 0 Å². The lowest BCUT2D eigenvalue weighted by molar-refractivity contribution is -0.138. The number of hydrogen-bond donors (Lipinski definition) is 10. The Morgan fingerprint density at radius 1 is 0.588 bits per heavy atom. The number of rotatable bonds is 19. The van der Waals surface area contributed by atoms with Crippen molar-refractivity contribution in [1.29, 1.82) is 10.8 Å². The molecule has 3 fully saturated rings. The van der Waals surface area contributed by atoms with Crippen molar-refractivity contribution in [2.75, 3.05) is 39.3 Å². The highest BCUT2D eigenvalue weighted by Gasteiger charge is 2.46. The Balaban J connectivity index is 0.000000217. The topological polar surface area (TPSA) is 247 Å². The van der Waals surface area contributed by atoms with Crippen LogP contribution in [0.4, 0.5) is 4.39 Å². The molecular weight excluding hydrogens is 1010 g/mol. The largest absolute Gasteiger partial charge is 0.370 e. The van der Waals surface area contributed by atoms with Gasteiger partial charge in [-0.2, -0.15) is 0 Å². The Morgan fingerprint density at radius 3 is 1.50 bits per heavy atom. The molecule has 0 radical (unpaired) electrons. The average Bonchev–Trinajstić information content (AvgIpc) is 3.75. The van der Waals surface area contributed by atoms with Crippen molar-refractivity contribution in [3.05, 3.63) is 168 Å². The Bertz CT molecular complexity index is 3010. The van der Waals surface area contributed by atoms with E-state index in [-0.39, 0.29) is 53.7 Å². The Kier molecular flexibility index (Phi) is 20.6. The van der Waals surface area contributed by atoms with Gasteiger partial charge < -0.3 is 53.2 Å². The zero-order chi connectivity index (χ0) is 56.4. The number of nitrogens with one attached hydrogen (secondary N) is 8. The molecule has 4 amide bonds. The maximum Gasteiger partial charge on any atom is 0.251 e. The summed E-state index contributed by atoms with van der Waals surface area (Å²) in [5, 5.41) is 37.7. The first-order chi connectivity index (χ1) is 38.8. The van der Waals surface area contributed by atoms with Gasteiger partial charge in [0, 0.05) is 68.5 Å². The number of nitrogens with two attached hydrogens (primary N) is 2. The zero-order valence-electron chi connectivity index (χ0n) is 45.9. The summed E-state index contributed by atoms with van der Waals surface area (Å²) in [6, 6.07) is 43.6. The fraction of sp³-hybridized carbons (Fsp3) is 0.397. The van der Waals surface area contributed by atoms with E-state index in [4.69, 9.17) is 22.3 Å². The van der Waals surface area contributed by atoms with Crippen molar-refractivity contribution in [2.45, 2.75) is 119 Å². The number of guanidine groups is 2. The highest BCUT2D eigenvalue weighted by molar-refractivity contribution is 5.99. The number of carbonyl (C=O) groups excluding carboxylic acids is 4. The van der Waals surface area contributed by atoms with Crippen molar-refractivity contribution in [2.24, 2.45) is 11.5 Å². The van der Waals surface area contributed by atoms with Crippen molar-refractivity contribution >= 4 is 57.1 Å². The summed E-state index contributed by atoms with van der Waals surface area (Å²) in [7, 11) is 0. The van der Waals surface area contributed by atoms with Gasteiger partial charge >= 0.3 is 0 Å². The molecule has 80 heavy (non-hydrogen) atoms. The van der Waals surface area contributed by atoms with Crippen LogP contribution in [-0.4, -0.2) is 121 Å². The normalized spacial score (nSPS) is 19.4. The van der Waals surface area contributed by atoms with Gasteiger partial charge in [0.1, 0.15) is 0 Å². The van der Waals surface area contributed by atoms with E-state index in [9.17, 15) is 19.2 Å². The van der Waals surface area contributed by atoms with Crippen LogP contribution < -0.4 is 43.4 Å². The van der Waals surface area contributed by atoms with Gasteiger partial charge in [0.25, 0.3) is 11.8 Å². The van der Waals surface area contributed by atoms with E-state index in [2.05, 4.69) is 36.8 Å². The maximum atomic E-state index is 17.6. The molecule has 17 heteroatoms. The number of hydrogen-bond acceptors (Lipinski definition) is 8. The fourth-order valence-corrected chi connectivity index (χ4v) is 11.5. The lowest BCUT2D eigenvalue weighted by Crippen LogP contribution is -2.54. The van der Waals surface area contributed by atoms with Crippen LogP contribution in [0.15, 0.2) is 146 Å². The summed E-state index contributed by atoms with van der Waals surface area (Å²) < 4.78 is 17.6. The van der Waals surface area contributed by atoms with E-state index in [1.54, 1.807) is 36.1 Å². The minimum absolute atomic E-state index is 0.0164. The molecule has 0 aromatic heterocycles. The van der Waals surface area contributed by atoms with Crippen molar-refractivity contribution < 1.29 is 23.6 Å². The first-order valence-corrected chi connectivity index (χ1v) is 28.4. The van der Waals surface area contributed by atoms with Gasteiger partial charge in [-0.1, -0.05) is 141 Å². The number of halogens is 1. The van der Waals surface area contributed by atoms with Gasteiger partial charge in [-0.05, 0) is 115 Å². The minimum Gasteiger partial charge on any atom is -0.370 e. The predicted octanol–water partition coefficient (Wildman–Crippen LogP) is 7.42. The number of amides is 4. The third-order valence-electron chi connectivity index (χ3n) is 15.9. The van der Waals surface area contributed by atoms with E-state index in [1.165, 1.54) is 19.3 Å². The zero-order valence-corrected chi connectivity index (χ0v) is 45.9. The minimum atomic E-state index is -1.96. The Morgan fingerprint density at radius 2 is 1.02 bits per heavy atom. The van der Waals surface area contributed by atoms with E-state index in [0.29, 0.717) is 86.7 Å². The van der Waals surface area contributed by atoms with Crippen LogP contribution in [0.25, 0.3) is 21.5 Å². The summed E-state index contributed by atoms with van der Waals surface area (Å²) in [6.07, 6.45) is 9.52. The Labute approximate surface area is 469 Å². The van der Waals surface area contributed by atoms with E-state index in [1.807, 2.05) is 121 Å². The quantitative estimate of drug-likeness (QED) is 0.0219. The highest BCUT2D eigenvalue weighted by atomic mass is 19.1. The van der Waals surface area contributed by atoms with Crippen LogP contribution in [0.3, 0.4) is 0 Å². The molecule has 1 saturated carbocycles. The number of fused-ring (bicyclic) bond motifs is 2. The van der Waals surface area contributed by atoms with Crippen molar-refractivity contribution in [3.63, 3.8) is 0 Å². The van der Waals surface area contributed by atoms with E-state index in [0.717, 1.165) is 53.8 Å². The van der Waals surface area contributed by atoms with Crippen LogP contribution in [0.1, 0.15) is 109 Å². The second-order valence-electron chi connectivity index (χ2n) is 21.4. The third-order valence-corrected chi connectivity index (χ3v) is 15.9. The molecule has 3 aliphatic rings. The molecule has 6 aromatic rings. The second-order valence-corrected chi connectivity index (χ2v) is 21.4. The summed E-state index contributed by atoms with van der Waals surface area (Å²) >= 11 is 0. The molecule has 5 atom stereocenters. The van der Waals surface area contributed by atoms with Gasteiger partial charge in [0.05, 0.1) is 18.1 Å². The van der Waals surface area contributed by atoms with E-state index < -0.39 is 17.8 Å². The molecule has 2 heterocycles. The van der Waals surface area contributed by atoms with Crippen LogP contribution in [0.2, 0.25) is 0 Å². The summed E-state index contributed by atoms with van der Waals surface area (Å²) in [4.78, 5) is 57.5. The van der Waals surface area contributed by atoms with E-state index >= 15 is 4.39 Å². The molecular formula is C63H79FN12O4. The molecule has 0 unspecified atom stereocenters. The number of nitrogens with zero attached hydrogens (tertiary/aromatic N) is 2. The van der Waals surface area contributed by atoms with Crippen molar-refractivity contribution in [1.82, 2.24) is 41.7 Å². The number of alkyl halides is 1. The number of carbonyl (C=O) groups is 4. The molecule has 422 valence electrons. The second kappa shape index (κ2) is 28.3. The summed E-state index contributed by atoms with van der Waals surface area (Å²) in [6.45, 7) is 4.58. The standard InChI is InChI=1S/C36H41FN6O2.C27H38N6O2/c1-25(36(37,29-13-4-2-5-14-29)30-15-6-3-7-16-30)43-22-20-31(42-32(34(43)45)17-10-21-40-35(38)39)24-41-33(44)28-19-18-26-11-8-9-12-27(26)23-28;28-27(29)30-15-6-11-24-26(35)33(23-9-2-1-3-10-23)16-14-22(32-24)18-31-25(34)21-13-12-19-7-4-5-8-20(19)17-21/h2-9,11-16,18-19,23,25,31-32,42H,10,17,20-22,24H2,1H3,(H,41,44)(H4,38,39,40);4-5,7-8,12-13,17,22-24,32H,1-3,6,9-11,14-16,18H2,(H,31,34)(H4,28,29,30)/t25-,31+,32+;22-,24-/m10/s1.